The van der Waals surface area contributed by atoms with E-state index in [-0.39, 0.29) is 5.95 Å². The number of ether oxygens (including phenoxy) is 3. The van der Waals surface area contributed by atoms with Crippen LogP contribution in [0.5, 0.6) is 17.2 Å². The van der Waals surface area contributed by atoms with E-state index in [1.54, 1.807) is 33.5 Å². The quantitative estimate of drug-likeness (QED) is 0.512. The van der Waals surface area contributed by atoms with E-state index in [9.17, 15) is 0 Å². The van der Waals surface area contributed by atoms with Crippen LogP contribution >= 0.6 is 0 Å². The molecule has 2 aromatic heterocycles. The monoisotopic (exact) mass is 395 g/mol. The summed E-state index contributed by atoms with van der Waals surface area (Å²) >= 11 is 0. The number of nitrogens with one attached hydrogen (secondary N) is 1. The van der Waals surface area contributed by atoms with Crippen molar-refractivity contribution < 1.29 is 14.2 Å². The van der Waals surface area contributed by atoms with E-state index < -0.39 is 0 Å². The molecule has 150 valence electrons. The maximum atomic E-state index is 6.10. The third kappa shape index (κ3) is 3.14. The summed E-state index contributed by atoms with van der Waals surface area (Å²) in [4.78, 5) is 8.90. The first-order valence-corrected chi connectivity index (χ1v) is 8.77. The van der Waals surface area contributed by atoms with Crippen molar-refractivity contribution in [3.8, 4) is 23.2 Å². The number of anilines is 3. The summed E-state index contributed by atoms with van der Waals surface area (Å²) in [5, 5.41) is 7.57. The van der Waals surface area contributed by atoms with Gasteiger partial charge in [-0.25, -0.2) is 4.98 Å². The van der Waals surface area contributed by atoms with Crippen molar-refractivity contribution in [2.75, 3.05) is 32.4 Å². The number of aryl methyl sites for hydroxylation is 1. The number of benzene rings is 2. The fourth-order valence-corrected chi connectivity index (χ4v) is 3.13. The number of aromatic nitrogens is 5. The third-order valence-corrected chi connectivity index (χ3v) is 4.51. The normalized spacial score (nSPS) is 10.9. The van der Waals surface area contributed by atoms with E-state index in [1.807, 2.05) is 35.9 Å². The number of nitrogens with two attached hydrogens (primary N) is 1. The summed E-state index contributed by atoms with van der Waals surface area (Å²) in [6.45, 7) is 0. The Bertz CT molecular complexity index is 1160. The average molecular weight is 395 g/mol. The average Bonchev–Trinajstić information content (AvgIpc) is 3.26. The molecule has 0 aliphatic rings. The van der Waals surface area contributed by atoms with Gasteiger partial charge in [0.15, 0.2) is 11.5 Å². The van der Waals surface area contributed by atoms with Crippen LogP contribution in [0.15, 0.2) is 36.4 Å². The van der Waals surface area contributed by atoms with Gasteiger partial charge in [-0.3, -0.25) is 0 Å². The number of imidazole rings is 1. The second-order valence-electron chi connectivity index (χ2n) is 6.20. The smallest absolute Gasteiger partial charge is 0.248 e. The zero-order valence-electron chi connectivity index (χ0n) is 16.5. The van der Waals surface area contributed by atoms with Gasteiger partial charge >= 0.3 is 0 Å². The van der Waals surface area contributed by atoms with Gasteiger partial charge in [-0.2, -0.15) is 9.67 Å². The summed E-state index contributed by atoms with van der Waals surface area (Å²) in [7, 11) is 6.56. The fourth-order valence-electron chi connectivity index (χ4n) is 3.13. The van der Waals surface area contributed by atoms with Gasteiger partial charge in [-0.15, -0.1) is 5.10 Å². The van der Waals surface area contributed by atoms with Gasteiger partial charge in [-0.1, -0.05) is 12.1 Å². The van der Waals surface area contributed by atoms with Crippen molar-refractivity contribution in [3.63, 3.8) is 0 Å². The van der Waals surface area contributed by atoms with Crippen LogP contribution in [0.4, 0.5) is 17.6 Å². The van der Waals surface area contributed by atoms with Crippen molar-refractivity contribution in [2.45, 2.75) is 0 Å². The zero-order valence-corrected chi connectivity index (χ0v) is 16.5. The minimum atomic E-state index is 0.207. The van der Waals surface area contributed by atoms with Crippen molar-refractivity contribution in [3.05, 3.63) is 36.4 Å². The maximum Gasteiger partial charge on any atom is 0.248 e. The second kappa shape index (κ2) is 7.23. The van der Waals surface area contributed by atoms with E-state index in [2.05, 4.69) is 20.4 Å². The lowest BCUT2D eigenvalue weighted by molar-refractivity contribution is 0.324. The van der Waals surface area contributed by atoms with Gasteiger partial charge < -0.3 is 29.8 Å². The van der Waals surface area contributed by atoms with Crippen LogP contribution < -0.4 is 25.3 Å². The zero-order chi connectivity index (χ0) is 20.5. The van der Waals surface area contributed by atoms with Crippen LogP contribution in [0, 0.1) is 0 Å². The van der Waals surface area contributed by atoms with E-state index >= 15 is 0 Å². The van der Waals surface area contributed by atoms with E-state index in [0.29, 0.717) is 34.8 Å². The molecule has 0 saturated heterocycles. The number of fused-ring (bicyclic) bond motifs is 1. The Morgan fingerprint density at radius 3 is 2.28 bits per heavy atom. The molecule has 0 unspecified atom stereocenters. The molecule has 0 atom stereocenters. The van der Waals surface area contributed by atoms with Gasteiger partial charge in [0, 0.05) is 24.9 Å². The standard InChI is InChI=1S/C19H21N7O3/c1-25-13-8-6-5-7-12(13)22-19(25)26-17(20)23-18(24-26)21-11-9-14(27-2)16(29-4)15(10-11)28-3/h5-10H,1-4H3,(H3,20,21,23,24). The highest BCUT2D eigenvalue weighted by molar-refractivity contribution is 5.77. The molecule has 0 spiro atoms. The molecule has 10 nitrogen and oxygen atoms in total. The molecule has 0 fully saturated rings. The second-order valence-corrected chi connectivity index (χ2v) is 6.20. The maximum absolute atomic E-state index is 6.10. The number of nitrogens with zero attached hydrogens (tertiary/aromatic N) is 5. The van der Waals surface area contributed by atoms with Gasteiger partial charge in [0.1, 0.15) is 0 Å². The molecule has 4 aromatic rings. The van der Waals surface area contributed by atoms with Gasteiger partial charge in [0.25, 0.3) is 0 Å². The molecule has 0 aliphatic carbocycles. The van der Waals surface area contributed by atoms with Crippen LogP contribution in [0.1, 0.15) is 0 Å². The molecule has 0 bridgehead atoms. The number of methoxy groups -OCH3 is 3. The first-order valence-electron chi connectivity index (χ1n) is 8.77. The highest BCUT2D eigenvalue weighted by Crippen LogP contribution is 2.40. The van der Waals surface area contributed by atoms with Crippen molar-refractivity contribution in [1.82, 2.24) is 24.3 Å². The molecule has 4 rings (SSSR count). The van der Waals surface area contributed by atoms with Crippen LogP contribution in [0.3, 0.4) is 0 Å². The number of rotatable bonds is 6. The minimum absolute atomic E-state index is 0.207. The Hall–Kier alpha value is -3.95. The summed E-state index contributed by atoms with van der Waals surface area (Å²) in [6.07, 6.45) is 0. The molecule has 0 aliphatic heterocycles. The summed E-state index contributed by atoms with van der Waals surface area (Å²) in [5.41, 5.74) is 8.57. The Morgan fingerprint density at radius 2 is 1.66 bits per heavy atom. The highest BCUT2D eigenvalue weighted by Gasteiger charge is 2.17. The molecule has 0 radical (unpaired) electrons. The molecular weight excluding hydrogens is 374 g/mol. The van der Waals surface area contributed by atoms with E-state index in [0.717, 1.165) is 11.0 Å². The molecule has 10 heteroatoms. The molecule has 29 heavy (non-hydrogen) atoms. The minimum Gasteiger partial charge on any atom is -0.493 e. The van der Waals surface area contributed by atoms with Crippen LogP contribution in [0.25, 0.3) is 17.0 Å². The Labute approximate surface area is 166 Å². The molecule has 3 N–H and O–H groups in total. The van der Waals surface area contributed by atoms with Crippen LogP contribution in [-0.4, -0.2) is 45.6 Å². The van der Waals surface area contributed by atoms with Gasteiger partial charge in [-0.05, 0) is 12.1 Å². The predicted molar refractivity (Wildman–Crippen MR) is 109 cm³/mol. The lowest BCUT2D eigenvalue weighted by atomic mass is 10.2. The Morgan fingerprint density at radius 1 is 0.966 bits per heavy atom. The van der Waals surface area contributed by atoms with Gasteiger partial charge in [0.2, 0.25) is 23.6 Å². The lowest BCUT2D eigenvalue weighted by Crippen LogP contribution is -2.08. The molecule has 2 heterocycles. The van der Waals surface area contributed by atoms with Crippen LogP contribution in [-0.2, 0) is 7.05 Å². The first-order chi connectivity index (χ1) is 14.0. The number of nitrogen functional groups attached to an aromatic ring is 1. The third-order valence-electron chi connectivity index (χ3n) is 4.51. The van der Waals surface area contributed by atoms with Crippen LogP contribution in [0.2, 0.25) is 0 Å². The molecule has 0 saturated carbocycles. The SMILES string of the molecule is COc1cc(Nc2nc(N)n(-c3nc4ccccc4n3C)n2)cc(OC)c1OC. The topological polar surface area (TPSA) is 114 Å². The largest absolute Gasteiger partial charge is 0.493 e. The number of hydrogen-bond acceptors (Lipinski definition) is 8. The molecular formula is C19H21N7O3. The highest BCUT2D eigenvalue weighted by atomic mass is 16.5. The van der Waals surface area contributed by atoms with Crippen molar-refractivity contribution >= 4 is 28.6 Å². The van der Waals surface area contributed by atoms with Crippen molar-refractivity contribution in [1.29, 1.82) is 0 Å². The first kappa shape index (κ1) is 18.4. The molecule has 2 aromatic carbocycles. The summed E-state index contributed by atoms with van der Waals surface area (Å²) in [5.74, 6) is 2.60. The number of para-hydroxylation sites is 2. The lowest BCUT2D eigenvalue weighted by Gasteiger charge is -2.14. The molecule has 0 amide bonds. The summed E-state index contributed by atoms with van der Waals surface area (Å²) in [6, 6.07) is 11.3. The van der Waals surface area contributed by atoms with E-state index in [1.165, 1.54) is 4.68 Å². The Balaban J connectivity index is 1.71. The Kier molecular flexibility index (Phi) is 4.59. The predicted octanol–water partition coefficient (Wildman–Crippen LogP) is 2.51. The van der Waals surface area contributed by atoms with Gasteiger partial charge in [0.05, 0.1) is 32.4 Å². The van der Waals surface area contributed by atoms with E-state index in [4.69, 9.17) is 19.9 Å². The fraction of sp³-hybridized carbons (Fsp3) is 0.211. The van der Waals surface area contributed by atoms with Crippen molar-refractivity contribution in [2.24, 2.45) is 7.05 Å². The number of hydrogen-bond donors (Lipinski definition) is 2. The summed E-state index contributed by atoms with van der Waals surface area (Å²) < 4.78 is 19.5.